The van der Waals surface area contributed by atoms with E-state index in [-0.39, 0.29) is 5.91 Å². The number of nitrogens with one attached hydrogen (secondary N) is 1. The number of nitrogens with zero attached hydrogens (tertiary/aromatic N) is 1. The molecule has 1 amide bonds. The first kappa shape index (κ1) is 15.7. The van der Waals surface area contributed by atoms with E-state index < -0.39 is 0 Å². The summed E-state index contributed by atoms with van der Waals surface area (Å²) in [5.74, 6) is -0.374. The first-order valence-electron chi connectivity index (χ1n) is 6.72. The van der Waals surface area contributed by atoms with Crippen LogP contribution in [-0.2, 0) is 6.54 Å². The molecule has 0 unspecified atom stereocenters. The standard InChI is InChI=1S/C15H25N3O/c1-11(2)18(4)8-7-17-10-14-6-5-13(15(16)19)9-12(14)3/h5-6,9,11,17H,7-8,10H2,1-4H3,(H2,16,19). The zero-order valence-corrected chi connectivity index (χ0v) is 12.4. The molecule has 3 N–H and O–H groups in total. The summed E-state index contributed by atoms with van der Waals surface area (Å²) < 4.78 is 0. The van der Waals surface area contributed by atoms with Crippen molar-refractivity contribution in [3.63, 3.8) is 0 Å². The number of aryl methyl sites for hydroxylation is 1. The van der Waals surface area contributed by atoms with Gasteiger partial charge in [-0.1, -0.05) is 6.07 Å². The van der Waals surface area contributed by atoms with Gasteiger partial charge in [-0.15, -0.1) is 0 Å². The molecule has 1 rings (SSSR count). The van der Waals surface area contributed by atoms with Gasteiger partial charge in [0.25, 0.3) is 0 Å². The normalized spacial score (nSPS) is 11.3. The number of carbonyl (C=O) groups excluding carboxylic acids is 1. The zero-order chi connectivity index (χ0) is 14.4. The van der Waals surface area contributed by atoms with Crippen molar-refractivity contribution in [2.24, 2.45) is 5.73 Å². The van der Waals surface area contributed by atoms with Gasteiger partial charge in [-0.2, -0.15) is 0 Å². The zero-order valence-electron chi connectivity index (χ0n) is 12.4. The van der Waals surface area contributed by atoms with Crippen LogP contribution in [0, 0.1) is 6.92 Å². The summed E-state index contributed by atoms with van der Waals surface area (Å²) >= 11 is 0. The number of hydrogen-bond donors (Lipinski definition) is 2. The molecule has 0 bridgehead atoms. The monoisotopic (exact) mass is 263 g/mol. The van der Waals surface area contributed by atoms with Crippen molar-refractivity contribution in [2.45, 2.75) is 33.4 Å². The second-order valence-corrected chi connectivity index (χ2v) is 5.26. The van der Waals surface area contributed by atoms with Gasteiger partial charge in [0.05, 0.1) is 0 Å². The number of amides is 1. The maximum Gasteiger partial charge on any atom is 0.248 e. The molecule has 19 heavy (non-hydrogen) atoms. The highest BCUT2D eigenvalue weighted by atomic mass is 16.1. The molecule has 0 aromatic heterocycles. The van der Waals surface area contributed by atoms with Crippen molar-refractivity contribution in [1.82, 2.24) is 10.2 Å². The van der Waals surface area contributed by atoms with Crippen molar-refractivity contribution in [3.05, 3.63) is 34.9 Å². The van der Waals surface area contributed by atoms with Crippen LogP contribution in [0.3, 0.4) is 0 Å². The van der Waals surface area contributed by atoms with E-state index >= 15 is 0 Å². The third-order valence-electron chi connectivity index (χ3n) is 3.47. The number of benzene rings is 1. The lowest BCUT2D eigenvalue weighted by Crippen LogP contribution is -2.33. The predicted molar refractivity (Wildman–Crippen MR) is 79.2 cm³/mol. The molecule has 0 fully saturated rings. The van der Waals surface area contributed by atoms with Crippen LogP contribution in [-0.4, -0.2) is 37.0 Å². The maximum absolute atomic E-state index is 11.1. The summed E-state index contributed by atoms with van der Waals surface area (Å²) in [4.78, 5) is 13.4. The van der Waals surface area contributed by atoms with Crippen molar-refractivity contribution in [2.75, 3.05) is 20.1 Å². The van der Waals surface area contributed by atoms with Crippen LogP contribution in [0.2, 0.25) is 0 Å². The van der Waals surface area contributed by atoms with E-state index in [0.29, 0.717) is 11.6 Å². The second-order valence-electron chi connectivity index (χ2n) is 5.26. The highest BCUT2D eigenvalue weighted by Gasteiger charge is 2.05. The van der Waals surface area contributed by atoms with Gasteiger partial charge in [0.1, 0.15) is 0 Å². The molecule has 1 aromatic rings. The molecule has 0 saturated heterocycles. The minimum absolute atomic E-state index is 0.374. The van der Waals surface area contributed by atoms with Crippen LogP contribution >= 0.6 is 0 Å². The van der Waals surface area contributed by atoms with Gasteiger partial charge >= 0.3 is 0 Å². The predicted octanol–water partition coefficient (Wildman–Crippen LogP) is 1.52. The van der Waals surface area contributed by atoms with E-state index in [9.17, 15) is 4.79 Å². The van der Waals surface area contributed by atoms with E-state index in [1.54, 1.807) is 6.07 Å². The Balaban J connectivity index is 2.44. The lowest BCUT2D eigenvalue weighted by Gasteiger charge is -2.21. The maximum atomic E-state index is 11.1. The number of carbonyl (C=O) groups is 1. The van der Waals surface area contributed by atoms with Gasteiger partial charge in [-0.05, 0) is 51.1 Å². The van der Waals surface area contributed by atoms with E-state index in [1.165, 1.54) is 5.56 Å². The second kappa shape index (κ2) is 7.26. The Labute approximate surface area is 116 Å². The average Bonchev–Trinajstić information content (AvgIpc) is 2.35. The number of primary amides is 1. The molecular formula is C15H25N3O. The summed E-state index contributed by atoms with van der Waals surface area (Å²) in [6, 6.07) is 6.17. The van der Waals surface area contributed by atoms with E-state index in [1.807, 2.05) is 19.1 Å². The molecule has 0 atom stereocenters. The first-order valence-corrected chi connectivity index (χ1v) is 6.72. The Morgan fingerprint density at radius 2 is 2.11 bits per heavy atom. The molecule has 0 spiro atoms. The fourth-order valence-electron chi connectivity index (χ4n) is 1.78. The van der Waals surface area contributed by atoms with Crippen molar-refractivity contribution in [3.8, 4) is 0 Å². The molecule has 0 aliphatic heterocycles. The van der Waals surface area contributed by atoms with Crippen LogP contribution in [0.4, 0.5) is 0 Å². The average molecular weight is 263 g/mol. The summed E-state index contributed by atoms with van der Waals surface area (Å²) in [6.07, 6.45) is 0. The van der Waals surface area contributed by atoms with Gasteiger partial charge in [0, 0.05) is 31.2 Å². The minimum atomic E-state index is -0.374. The SMILES string of the molecule is Cc1cc(C(N)=O)ccc1CNCCN(C)C(C)C. The molecule has 0 saturated carbocycles. The first-order chi connectivity index (χ1) is 8.91. The number of hydrogen-bond acceptors (Lipinski definition) is 3. The van der Waals surface area contributed by atoms with Crippen molar-refractivity contribution in [1.29, 1.82) is 0 Å². The number of nitrogens with two attached hydrogens (primary N) is 1. The molecule has 0 aliphatic rings. The molecule has 1 aromatic carbocycles. The molecule has 106 valence electrons. The van der Waals surface area contributed by atoms with Crippen LogP contribution in [0.25, 0.3) is 0 Å². The highest BCUT2D eigenvalue weighted by molar-refractivity contribution is 5.93. The van der Waals surface area contributed by atoms with E-state index in [0.717, 1.165) is 25.2 Å². The largest absolute Gasteiger partial charge is 0.366 e. The van der Waals surface area contributed by atoms with Crippen molar-refractivity contribution >= 4 is 5.91 Å². The van der Waals surface area contributed by atoms with E-state index in [4.69, 9.17) is 5.73 Å². The minimum Gasteiger partial charge on any atom is -0.366 e. The Morgan fingerprint density at radius 3 is 2.63 bits per heavy atom. The number of rotatable bonds is 7. The number of likely N-dealkylation sites (N-methyl/N-ethyl adjacent to an activating group) is 1. The summed E-state index contributed by atoms with van der Waals surface area (Å²) in [5.41, 5.74) is 8.13. The molecule has 0 aliphatic carbocycles. The summed E-state index contributed by atoms with van der Waals surface area (Å²) in [6.45, 7) is 9.17. The molecule has 0 radical (unpaired) electrons. The van der Waals surface area contributed by atoms with Crippen LogP contribution in [0.1, 0.15) is 35.3 Å². The smallest absolute Gasteiger partial charge is 0.248 e. The fraction of sp³-hybridized carbons (Fsp3) is 0.533. The molecule has 0 heterocycles. The third kappa shape index (κ3) is 5.01. The summed E-state index contributed by atoms with van der Waals surface area (Å²) in [5, 5.41) is 3.42. The molecule has 4 heteroatoms. The van der Waals surface area contributed by atoms with Gasteiger partial charge in [-0.25, -0.2) is 0 Å². The lowest BCUT2D eigenvalue weighted by molar-refractivity contribution is 0.1000. The lowest BCUT2D eigenvalue weighted by atomic mass is 10.0. The van der Waals surface area contributed by atoms with Gasteiger partial charge in [-0.3, -0.25) is 4.79 Å². The molecule has 4 nitrogen and oxygen atoms in total. The van der Waals surface area contributed by atoms with Gasteiger partial charge in [0.2, 0.25) is 5.91 Å². The van der Waals surface area contributed by atoms with E-state index in [2.05, 4.69) is 31.1 Å². The fourth-order valence-corrected chi connectivity index (χ4v) is 1.78. The molecular weight excluding hydrogens is 238 g/mol. The van der Waals surface area contributed by atoms with Crippen LogP contribution < -0.4 is 11.1 Å². The Kier molecular flexibility index (Phi) is 5.99. The van der Waals surface area contributed by atoms with Gasteiger partial charge < -0.3 is 16.0 Å². The topological polar surface area (TPSA) is 58.4 Å². The third-order valence-corrected chi connectivity index (χ3v) is 3.47. The quantitative estimate of drug-likeness (QED) is 0.733. The van der Waals surface area contributed by atoms with Gasteiger partial charge in [0.15, 0.2) is 0 Å². The highest BCUT2D eigenvalue weighted by Crippen LogP contribution is 2.10. The Morgan fingerprint density at radius 1 is 1.42 bits per heavy atom. The Hall–Kier alpha value is -1.39. The van der Waals surface area contributed by atoms with Crippen LogP contribution in [0.15, 0.2) is 18.2 Å². The van der Waals surface area contributed by atoms with Crippen LogP contribution in [0.5, 0.6) is 0 Å². The van der Waals surface area contributed by atoms with Crippen molar-refractivity contribution < 1.29 is 4.79 Å². The summed E-state index contributed by atoms with van der Waals surface area (Å²) in [7, 11) is 2.12. The Bertz CT molecular complexity index is 429.